The van der Waals surface area contributed by atoms with Gasteiger partial charge in [-0.25, -0.2) is 4.79 Å². The maximum atomic E-state index is 13.7. The summed E-state index contributed by atoms with van der Waals surface area (Å²) in [6.45, 7) is 0.522. The maximum Gasteiger partial charge on any atom is 0.328 e. The van der Waals surface area contributed by atoms with Gasteiger partial charge in [0.05, 0.1) is 19.1 Å². The zero-order valence-corrected chi connectivity index (χ0v) is 17.9. The smallest absolute Gasteiger partial charge is 0.328 e. The molecule has 2 aliphatic rings. The van der Waals surface area contributed by atoms with Crippen LogP contribution in [0.15, 0.2) is 54.9 Å². The highest BCUT2D eigenvalue weighted by atomic mass is 16.5. The fourth-order valence-electron chi connectivity index (χ4n) is 4.66. The average Bonchev–Trinajstić information content (AvgIpc) is 3.40. The third kappa shape index (κ3) is 3.88. The standard InChI is InChI=1S/C24H25N3O5/c1-32-22(30)19-10-6-12-26(19)20(28)13-24(18-8-3-2-4-9-18)14-21(29)27(23(24)31)16-17-7-5-11-25-15-17/h2-5,7-9,11,15,19H,6,10,12-14,16H2,1H3/t19-,24-/m0/s1. The lowest BCUT2D eigenvalue weighted by Gasteiger charge is -2.30. The summed E-state index contributed by atoms with van der Waals surface area (Å²) in [7, 11) is 1.30. The summed E-state index contributed by atoms with van der Waals surface area (Å²) in [4.78, 5) is 58.9. The third-order valence-corrected chi connectivity index (χ3v) is 6.30. The van der Waals surface area contributed by atoms with Crippen molar-refractivity contribution in [2.75, 3.05) is 13.7 Å². The number of nitrogens with zero attached hydrogens (tertiary/aromatic N) is 3. The van der Waals surface area contributed by atoms with Crippen LogP contribution in [0.1, 0.15) is 36.8 Å². The predicted octanol–water partition coefficient (Wildman–Crippen LogP) is 1.83. The number of benzene rings is 1. The SMILES string of the molecule is COC(=O)[C@@H]1CCCN1C(=O)C[C@@]1(c2ccccc2)CC(=O)N(Cc2cccnc2)C1=O. The quantitative estimate of drug-likeness (QED) is 0.507. The van der Waals surface area contributed by atoms with Crippen LogP contribution >= 0.6 is 0 Å². The molecule has 0 saturated carbocycles. The molecule has 3 heterocycles. The second-order valence-electron chi connectivity index (χ2n) is 8.22. The Morgan fingerprint density at radius 3 is 2.62 bits per heavy atom. The monoisotopic (exact) mass is 435 g/mol. The second kappa shape index (κ2) is 8.90. The number of esters is 1. The number of carbonyl (C=O) groups is 4. The van der Waals surface area contributed by atoms with E-state index >= 15 is 0 Å². The van der Waals surface area contributed by atoms with E-state index in [9.17, 15) is 19.2 Å². The lowest BCUT2D eigenvalue weighted by atomic mass is 9.75. The Labute approximate surface area is 186 Å². The van der Waals surface area contributed by atoms with Gasteiger partial charge in [-0.3, -0.25) is 24.3 Å². The van der Waals surface area contributed by atoms with Crippen LogP contribution in [0.25, 0.3) is 0 Å². The molecule has 2 saturated heterocycles. The summed E-state index contributed by atoms with van der Waals surface area (Å²) in [5.74, 6) is -1.52. The average molecular weight is 435 g/mol. The minimum absolute atomic E-state index is 0.0986. The van der Waals surface area contributed by atoms with Crippen molar-refractivity contribution in [3.63, 3.8) is 0 Å². The summed E-state index contributed by atoms with van der Waals surface area (Å²) >= 11 is 0. The second-order valence-corrected chi connectivity index (χ2v) is 8.22. The van der Waals surface area contributed by atoms with Crippen LogP contribution in [0.4, 0.5) is 0 Å². The maximum absolute atomic E-state index is 13.7. The van der Waals surface area contributed by atoms with E-state index in [4.69, 9.17) is 4.74 Å². The number of rotatable bonds is 6. The Morgan fingerprint density at radius 1 is 1.16 bits per heavy atom. The zero-order chi connectivity index (χ0) is 22.7. The molecule has 1 aromatic heterocycles. The van der Waals surface area contributed by atoms with Crippen LogP contribution in [0, 0.1) is 0 Å². The number of aromatic nitrogens is 1. The van der Waals surface area contributed by atoms with Crippen molar-refractivity contribution in [3.05, 3.63) is 66.0 Å². The molecule has 3 amide bonds. The Morgan fingerprint density at radius 2 is 1.94 bits per heavy atom. The third-order valence-electron chi connectivity index (χ3n) is 6.30. The highest BCUT2D eigenvalue weighted by molar-refractivity contribution is 6.10. The molecular weight excluding hydrogens is 410 g/mol. The molecule has 2 aromatic rings. The van der Waals surface area contributed by atoms with Crippen molar-refractivity contribution in [2.45, 2.75) is 43.7 Å². The van der Waals surface area contributed by atoms with E-state index in [1.165, 1.54) is 16.9 Å². The van der Waals surface area contributed by atoms with Crippen molar-refractivity contribution in [3.8, 4) is 0 Å². The molecule has 8 nitrogen and oxygen atoms in total. The van der Waals surface area contributed by atoms with Crippen LogP contribution < -0.4 is 0 Å². The molecule has 2 atom stereocenters. The van der Waals surface area contributed by atoms with Gasteiger partial charge in [-0.2, -0.15) is 0 Å². The number of amides is 3. The summed E-state index contributed by atoms with van der Waals surface area (Å²) < 4.78 is 4.85. The summed E-state index contributed by atoms with van der Waals surface area (Å²) in [6, 6.07) is 11.8. The largest absolute Gasteiger partial charge is 0.467 e. The first-order chi connectivity index (χ1) is 15.5. The minimum Gasteiger partial charge on any atom is -0.467 e. The molecule has 0 radical (unpaired) electrons. The number of hydrogen-bond acceptors (Lipinski definition) is 6. The van der Waals surface area contributed by atoms with E-state index in [-0.39, 0.29) is 31.2 Å². The van der Waals surface area contributed by atoms with E-state index in [1.807, 2.05) is 6.07 Å². The van der Waals surface area contributed by atoms with Gasteiger partial charge < -0.3 is 9.64 Å². The molecule has 0 unspecified atom stereocenters. The zero-order valence-electron chi connectivity index (χ0n) is 17.9. The van der Waals surface area contributed by atoms with Crippen LogP contribution in [0.5, 0.6) is 0 Å². The van der Waals surface area contributed by atoms with E-state index < -0.39 is 23.3 Å². The van der Waals surface area contributed by atoms with E-state index in [0.29, 0.717) is 24.9 Å². The lowest BCUT2D eigenvalue weighted by molar-refractivity contribution is -0.151. The topological polar surface area (TPSA) is 96.9 Å². The van der Waals surface area contributed by atoms with Gasteiger partial charge >= 0.3 is 5.97 Å². The Kier molecular flexibility index (Phi) is 6.03. The number of carbonyl (C=O) groups excluding carboxylic acids is 4. The van der Waals surface area contributed by atoms with Crippen molar-refractivity contribution in [1.29, 1.82) is 0 Å². The molecule has 0 N–H and O–H groups in total. The summed E-state index contributed by atoms with van der Waals surface area (Å²) in [5.41, 5.74) is 0.0462. The van der Waals surface area contributed by atoms with Crippen molar-refractivity contribution in [2.24, 2.45) is 0 Å². The number of hydrogen-bond donors (Lipinski definition) is 0. The molecule has 1 aromatic carbocycles. The van der Waals surface area contributed by atoms with E-state index in [1.54, 1.807) is 48.8 Å². The fourth-order valence-corrected chi connectivity index (χ4v) is 4.66. The van der Waals surface area contributed by atoms with Gasteiger partial charge in [-0.05, 0) is 30.0 Å². The molecule has 2 fully saturated rings. The molecule has 0 bridgehead atoms. The highest BCUT2D eigenvalue weighted by Crippen LogP contribution is 2.41. The minimum atomic E-state index is -1.30. The normalized spacial score (nSPS) is 23.0. The van der Waals surface area contributed by atoms with Gasteiger partial charge in [0.15, 0.2) is 0 Å². The molecule has 2 aliphatic heterocycles. The summed E-state index contributed by atoms with van der Waals surface area (Å²) in [6.07, 6.45) is 4.16. The first kappa shape index (κ1) is 21.7. The summed E-state index contributed by atoms with van der Waals surface area (Å²) in [5, 5.41) is 0. The molecular formula is C24H25N3O5. The van der Waals surface area contributed by atoms with Crippen LogP contribution in [-0.4, -0.2) is 58.2 Å². The Hall–Kier alpha value is -3.55. The number of methoxy groups -OCH3 is 1. The van der Waals surface area contributed by atoms with Crippen molar-refractivity contribution >= 4 is 23.7 Å². The predicted molar refractivity (Wildman–Crippen MR) is 114 cm³/mol. The number of pyridine rings is 1. The van der Waals surface area contributed by atoms with Gasteiger partial charge in [-0.15, -0.1) is 0 Å². The molecule has 0 aliphatic carbocycles. The van der Waals surface area contributed by atoms with Crippen LogP contribution in [0.3, 0.4) is 0 Å². The van der Waals surface area contributed by atoms with Gasteiger partial charge in [0.25, 0.3) is 0 Å². The Balaban J connectivity index is 1.65. The first-order valence-corrected chi connectivity index (χ1v) is 10.6. The van der Waals surface area contributed by atoms with E-state index in [2.05, 4.69) is 4.98 Å². The van der Waals surface area contributed by atoms with Crippen molar-refractivity contribution in [1.82, 2.24) is 14.8 Å². The van der Waals surface area contributed by atoms with Gasteiger partial charge in [-0.1, -0.05) is 36.4 Å². The van der Waals surface area contributed by atoms with Gasteiger partial charge in [0, 0.05) is 31.8 Å². The molecule has 32 heavy (non-hydrogen) atoms. The van der Waals surface area contributed by atoms with E-state index in [0.717, 1.165) is 5.56 Å². The number of imide groups is 1. The number of likely N-dealkylation sites (tertiary alicyclic amines) is 2. The molecule has 4 rings (SSSR count). The van der Waals surface area contributed by atoms with Gasteiger partial charge in [0.1, 0.15) is 6.04 Å². The highest BCUT2D eigenvalue weighted by Gasteiger charge is 2.54. The molecule has 8 heteroatoms. The fraction of sp³-hybridized carbons (Fsp3) is 0.375. The van der Waals surface area contributed by atoms with Gasteiger partial charge in [0.2, 0.25) is 17.7 Å². The van der Waals surface area contributed by atoms with Crippen LogP contribution in [-0.2, 0) is 35.9 Å². The molecule has 0 spiro atoms. The van der Waals surface area contributed by atoms with Crippen LogP contribution in [0.2, 0.25) is 0 Å². The van der Waals surface area contributed by atoms with Crippen molar-refractivity contribution < 1.29 is 23.9 Å². The first-order valence-electron chi connectivity index (χ1n) is 10.6. The molecule has 166 valence electrons. The Bertz CT molecular complexity index is 1030. The number of ether oxygens (including phenoxy) is 1. The lowest BCUT2D eigenvalue weighted by Crippen LogP contribution is -2.46.